The normalized spacial score (nSPS) is 11.0. The lowest BCUT2D eigenvalue weighted by atomic mass is 10.1. The molecule has 2 aromatic rings. The van der Waals surface area contributed by atoms with Crippen LogP contribution in [0, 0.1) is 0 Å². The number of carbonyl (C=O) groups is 1. The van der Waals surface area contributed by atoms with E-state index in [2.05, 4.69) is 0 Å². The molecular formula is C16H16O5S. The van der Waals surface area contributed by atoms with E-state index in [1.807, 2.05) is 0 Å². The van der Waals surface area contributed by atoms with Crippen LogP contribution in [-0.4, -0.2) is 28.6 Å². The van der Waals surface area contributed by atoms with Gasteiger partial charge in [0.05, 0.1) is 30.4 Å². The van der Waals surface area contributed by atoms with Crippen LogP contribution in [0.15, 0.2) is 53.4 Å². The van der Waals surface area contributed by atoms with Crippen LogP contribution in [0.4, 0.5) is 0 Å². The van der Waals surface area contributed by atoms with Gasteiger partial charge in [-0.05, 0) is 29.8 Å². The topological polar surface area (TPSA) is 69.7 Å². The zero-order chi connectivity index (χ0) is 16.2. The number of sulfone groups is 1. The van der Waals surface area contributed by atoms with Crippen LogP contribution in [0.3, 0.4) is 0 Å². The van der Waals surface area contributed by atoms with Gasteiger partial charge in [0.15, 0.2) is 9.84 Å². The highest BCUT2D eigenvalue weighted by Crippen LogP contribution is 2.23. The van der Waals surface area contributed by atoms with Gasteiger partial charge in [-0.1, -0.05) is 24.3 Å². The second-order valence-corrected chi connectivity index (χ2v) is 6.58. The molecule has 0 N–H and O–H groups in total. The summed E-state index contributed by atoms with van der Waals surface area (Å²) in [6.45, 7) is 0. The Kier molecular flexibility index (Phi) is 4.82. The fourth-order valence-electron chi connectivity index (χ4n) is 2.02. The Morgan fingerprint density at radius 3 is 2.32 bits per heavy atom. The van der Waals surface area contributed by atoms with Crippen molar-refractivity contribution >= 4 is 15.8 Å². The monoisotopic (exact) mass is 320 g/mol. The largest absolute Gasteiger partial charge is 0.497 e. The van der Waals surface area contributed by atoms with Gasteiger partial charge in [0.25, 0.3) is 0 Å². The minimum atomic E-state index is -3.55. The molecule has 0 aliphatic carbocycles. The van der Waals surface area contributed by atoms with Crippen LogP contribution in [0.2, 0.25) is 0 Å². The van der Waals surface area contributed by atoms with E-state index in [9.17, 15) is 13.2 Å². The molecule has 5 nitrogen and oxygen atoms in total. The van der Waals surface area contributed by atoms with Crippen LogP contribution in [0.1, 0.15) is 15.9 Å². The number of hydrogen-bond acceptors (Lipinski definition) is 5. The van der Waals surface area contributed by atoms with Crippen molar-refractivity contribution in [3.8, 4) is 5.75 Å². The fourth-order valence-corrected chi connectivity index (χ4v) is 3.42. The van der Waals surface area contributed by atoms with Crippen LogP contribution in [-0.2, 0) is 20.3 Å². The van der Waals surface area contributed by atoms with Gasteiger partial charge in [0.1, 0.15) is 5.75 Å². The lowest BCUT2D eigenvalue weighted by Gasteiger charge is -2.10. The van der Waals surface area contributed by atoms with Gasteiger partial charge in [0, 0.05) is 0 Å². The summed E-state index contributed by atoms with van der Waals surface area (Å²) in [6, 6.07) is 12.7. The highest BCUT2D eigenvalue weighted by Gasteiger charge is 2.20. The van der Waals surface area contributed by atoms with Crippen molar-refractivity contribution in [1.29, 1.82) is 0 Å². The molecule has 0 atom stereocenters. The molecule has 0 aromatic heterocycles. The summed E-state index contributed by atoms with van der Waals surface area (Å²) >= 11 is 0. The van der Waals surface area contributed by atoms with E-state index in [1.54, 1.807) is 30.3 Å². The van der Waals surface area contributed by atoms with E-state index in [4.69, 9.17) is 9.47 Å². The molecule has 0 amide bonds. The SMILES string of the molecule is COC(=O)c1cc(OC)ccc1CS(=O)(=O)c1ccccc1. The van der Waals surface area contributed by atoms with Gasteiger partial charge in [-0.15, -0.1) is 0 Å². The van der Waals surface area contributed by atoms with Crippen molar-refractivity contribution in [2.75, 3.05) is 14.2 Å². The average molecular weight is 320 g/mol. The first-order chi connectivity index (χ1) is 10.5. The lowest BCUT2D eigenvalue weighted by molar-refractivity contribution is 0.0599. The maximum absolute atomic E-state index is 12.4. The predicted molar refractivity (Wildman–Crippen MR) is 81.7 cm³/mol. The van der Waals surface area contributed by atoms with E-state index < -0.39 is 15.8 Å². The molecule has 0 saturated carbocycles. The summed E-state index contributed by atoms with van der Waals surface area (Å²) in [7, 11) is -0.829. The van der Waals surface area contributed by atoms with Crippen LogP contribution < -0.4 is 4.74 Å². The Bertz CT molecular complexity index is 766. The molecule has 0 radical (unpaired) electrons. The Hall–Kier alpha value is -2.34. The third-order valence-corrected chi connectivity index (χ3v) is 4.85. The number of ether oxygens (including phenoxy) is 2. The first-order valence-corrected chi connectivity index (χ1v) is 8.16. The molecule has 0 spiro atoms. The number of methoxy groups -OCH3 is 2. The maximum atomic E-state index is 12.4. The highest BCUT2D eigenvalue weighted by atomic mass is 32.2. The van der Waals surface area contributed by atoms with Gasteiger partial charge in [-0.3, -0.25) is 0 Å². The van der Waals surface area contributed by atoms with Crippen molar-refractivity contribution in [3.63, 3.8) is 0 Å². The van der Waals surface area contributed by atoms with Crippen molar-refractivity contribution in [2.45, 2.75) is 10.6 Å². The Labute approximate surface area is 129 Å². The van der Waals surface area contributed by atoms with Gasteiger partial charge >= 0.3 is 5.97 Å². The van der Waals surface area contributed by atoms with Crippen LogP contribution in [0.5, 0.6) is 5.75 Å². The first-order valence-electron chi connectivity index (χ1n) is 6.51. The van der Waals surface area contributed by atoms with Crippen molar-refractivity contribution < 1.29 is 22.7 Å². The van der Waals surface area contributed by atoms with E-state index >= 15 is 0 Å². The van der Waals surface area contributed by atoms with E-state index in [0.29, 0.717) is 11.3 Å². The Morgan fingerprint density at radius 1 is 1.05 bits per heavy atom. The molecule has 0 unspecified atom stereocenters. The summed E-state index contributed by atoms with van der Waals surface area (Å²) < 4.78 is 34.6. The van der Waals surface area contributed by atoms with Crippen molar-refractivity contribution in [1.82, 2.24) is 0 Å². The number of esters is 1. The second kappa shape index (κ2) is 6.62. The summed E-state index contributed by atoms with van der Waals surface area (Å²) in [6.07, 6.45) is 0. The van der Waals surface area contributed by atoms with Gasteiger partial charge in [-0.25, -0.2) is 13.2 Å². The summed E-state index contributed by atoms with van der Waals surface area (Å²) in [5.74, 6) is -0.427. The smallest absolute Gasteiger partial charge is 0.338 e. The summed E-state index contributed by atoms with van der Waals surface area (Å²) in [5.41, 5.74) is 0.554. The Balaban J connectivity index is 2.43. The standard InChI is InChI=1S/C16H16O5S/c1-20-13-9-8-12(15(10-13)16(17)21-2)11-22(18,19)14-6-4-3-5-7-14/h3-10H,11H2,1-2H3. The van der Waals surface area contributed by atoms with Crippen LogP contribution >= 0.6 is 0 Å². The van der Waals surface area contributed by atoms with Crippen molar-refractivity contribution in [3.05, 3.63) is 59.7 Å². The molecule has 0 aliphatic heterocycles. The zero-order valence-corrected chi connectivity index (χ0v) is 13.1. The van der Waals surface area contributed by atoms with Gasteiger partial charge in [-0.2, -0.15) is 0 Å². The molecule has 22 heavy (non-hydrogen) atoms. The Morgan fingerprint density at radius 2 is 1.73 bits per heavy atom. The number of carbonyl (C=O) groups excluding carboxylic acids is 1. The first kappa shape index (κ1) is 16.0. The quantitative estimate of drug-likeness (QED) is 0.792. The lowest BCUT2D eigenvalue weighted by Crippen LogP contribution is -2.11. The molecule has 0 fully saturated rings. The second-order valence-electron chi connectivity index (χ2n) is 4.59. The average Bonchev–Trinajstić information content (AvgIpc) is 2.55. The van der Waals surface area contributed by atoms with E-state index in [0.717, 1.165) is 0 Å². The van der Waals surface area contributed by atoms with Crippen molar-refractivity contribution in [2.24, 2.45) is 0 Å². The summed E-state index contributed by atoms with van der Waals surface area (Å²) in [5, 5.41) is 0. The van der Waals surface area contributed by atoms with E-state index in [1.165, 1.54) is 32.4 Å². The molecule has 0 saturated heterocycles. The van der Waals surface area contributed by atoms with Gasteiger partial charge < -0.3 is 9.47 Å². The minimum absolute atomic E-state index is 0.182. The molecular weight excluding hydrogens is 304 g/mol. The van der Waals surface area contributed by atoms with Gasteiger partial charge in [0.2, 0.25) is 0 Å². The molecule has 2 aromatic carbocycles. The highest BCUT2D eigenvalue weighted by molar-refractivity contribution is 7.90. The number of benzene rings is 2. The molecule has 0 bridgehead atoms. The predicted octanol–water partition coefficient (Wildman–Crippen LogP) is 2.46. The molecule has 6 heteroatoms. The van der Waals surface area contributed by atoms with E-state index in [-0.39, 0.29) is 16.2 Å². The molecule has 0 aliphatic rings. The molecule has 2 rings (SSSR count). The third kappa shape index (κ3) is 3.46. The molecule has 116 valence electrons. The maximum Gasteiger partial charge on any atom is 0.338 e. The fraction of sp³-hybridized carbons (Fsp3) is 0.188. The van der Waals surface area contributed by atoms with Crippen LogP contribution in [0.25, 0.3) is 0 Å². The zero-order valence-electron chi connectivity index (χ0n) is 12.3. The molecule has 0 heterocycles. The minimum Gasteiger partial charge on any atom is -0.497 e. The number of hydrogen-bond donors (Lipinski definition) is 0. The third-order valence-electron chi connectivity index (χ3n) is 3.17. The summed E-state index contributed by atoms with van der Waals surface area (Å²) in [4.78, 5) is 12.1. The number of rotatable bonds is 5.